The smallest absolute Gasteiger partial charge is 0.230 e. The SMILES string of the molecule is CC(C)C(C)NC(=O)CSCC1CNC1. The van der Waals surface area contributed by atoms with Crippen molar-refractivity contribution in [3.63, 3.8) is 0 Å². The van der Waals surface area contributed by atoms with E-state index >= 15 is 0 Å². The summed E-state index contributed by atoms with van der Waals surface area (Å²) >= 11 is 1.75. The minimum absolute atomic E-state index is 0.175. The van der Waals surface area contributed by atoms with Crippen molar-refractivity contribution in [2.75, 3.05) is 24.6 Å². The fourth-order valence-corrected chi connectivity index (χ4v) is 2.20. The molecule has 1 amide bonds. The Morgan fingerprint density at radius 2 is 2.13 bits per heavy atom. The van der Waals surface area contributed by atoms with Gasteiger partial charge in [0.2, 0.25) is 5.91 Å². The van der Waals surface area contributed by atoms with E-state index < -0.39 is 0 Å². The lowest BCUT2D eigenvalue weighted by atomic mass is 10.1. The summed E-state index contributed by atoms with van der Waals surface area (Å²) in [5.74, 6) is 3.18. The van der Waals surface area contributed by atoms with Gasteiger partial charge in [-0.1, -0.05) is 13.8 Å². The molecule has 0 radical (unpaired) electrons. The van der Waals surface area contributed by atoms with Crippen molar-refractivity contribution < 1.29 is 4.79 Å². The number of hydrogen-bond donors (Lipinski definition) is 2. The quantitative estimate of drug-likeness (QED) is 0.718. The Morgan fingerprint density at radius 3 is 2.60 bits per heavy atom. The number of carbonyl (C=O) groups excluding carboxylic acids is 1. The van der Waals surface area contributed by atoms with Crippen LogP contribution in [0.1, 0.15) is 20.8 Å². The molecular weight excluding hydrogens is 208 g/mol. The third-order valence-corrected chi connectivity index (χ3v) is 4.01. The molecule has 1 saturated heterocycles. The van der Waals surface area contributed by atoms with Crippen molar-refractivity contribution in [1.29, 1.82) is 0 Å². The van der Waals surface area contributed by atoms with Crippen LogP contribution in [0.25, 0.3) is 0 Å². The monoisotopic (exact) mass is 230 g/mol. The lowest BCUT2D eigenvalue weighted by molar-refractivity contribution is -0.119. The van der Waals surface area contributed by atoms with Gasteiger partial charge in [-0.2, -0.15) is 11.8 Å². The number of carbonyl (C=O) groups is 1. The van der Waals surface area contributed by atoms with Crippen LogP contribution in [0, 0.1) is 11.8 Å². The second-order valence-electron chi connectivity index (χ2n) is 4.64. The van der Waals surface area contributed by atoms with Crippen LogP contribution < -0.4 is 10.6 Å². The summed E-state index contributed by atoms with van der Waals surface area (Å²) in [5.41, 5.74) is 0. The third kappa shape index (κ3) is 4.89. The molecule has 0 aromatic rings. The summed E-state index contributed by atoms with van der Waals surface area (Å²) in [7, 11) is 0. The molecule has 1 aliphatic rings. The molecule has 0 spiro atoms. The van der Waals surface area contributed by atoms with Gasteiger partial charge in [0, 0.05) is 6.04 Å². The van der Waals surface area contributed by atoms with Crippen LogP contribution in [-0.4, -0.2) is 36.5 Å². The maximum Gasteiger partial charge on any atom is 0.230 e. The van der Waals surface area contributed by atoms with Crippen molar-refractivity contribution in [1.82, 2.24) is 10.6 Å². The van der Waals surface area contributed by atoms with Crippen LogP contribution in [0.5, 0.6) is 0 Å². The van der Waals surface area contributed by atoms with Gasteiger partial charge in [0.05, 0.1) is 5.75 Å². The van der Waals surface area contributed by atoms with E-state index in [1.807, 2.05) is 0 Å². The maximum absolute atomic E-state index is 11.5. The molecule has 1 heterocycles. The highest BCUT2D eigenvalue weighted by Crippen LogP contribution is 2.12. The van der Waals surface area contributed by atoms with Gasteiger partial charge in [-0.25, -0.2) is 0 Å². The molecule has 1 fully saturated rings. The average molecular weight is 230 g/mol. The van der Waals surface area contributed by atoms with Gasteiger partial charge in [-0.15, -0.1) is 0 Å². The van der Waals surface area contributed by atoms with Crippen LogP contribution in [0.4, 0.5) is 0 Å². The minimum atomic E-state index is 0.175. The number of thioether (sulfide) groups is 1. The number of hydrogen-bond acceptors (Lipinski definition) is 3. The summed E-state index contributed by atoms with van der Waals surface area (Å²) in [6.07, 6.45) is 0. The Morgan fingerprint density at radius 1 is 1.47 bits per heavy atom. The summed E-state index contributed by atoms with van der Waals surface area (Å²) < 4.78 is 0. The highest BCUT2D eigenvalue weighted by molar-refractivity contribution is 7.99. The predicted octanol–water partition coefficient (Wildman–Crippen LogP) is 1.10. The molecule has 1 unspecified atom stereocenters. The molecule has 15 heavy (non-hydrogen) atoms. The summed E-state index contributed by atoms with van der Waals surface area (Å²) in [4.78, 5) is 11.5. The maximum atomic E-state index is 11.5. The van der Waals surface area contributed by atoms with E-state index in [2.05, 4.69) is 31.4 Å². The van der Waals surface area contributed by atoms with E-state index in [1.54, 1.807) is 11.8 Å². The lowest BCUT2D eigenvalue weighted by Gasteiger charge is -2.26. The predicted molar refractivity (Wildman–Crippen MR) is 66.1 cm³/mol. The molecule has 1 atom stereocenters. The highest BCUT2D eigenvalue weighted by atomic mass is 32.2. The molecule has 1 rings (SSSR count). The first-order valence-corrected chi connectivity index (χ1v) is 6.83. The topological polar surface area (TPSA) is 41.1 Å². The number of rotatable bonds is 6. The summed E-state index contributed by atoms with van der Waals surface area (Å²) in [6.45, 7) is 8.55. The van der Waals surface area contributed by atoms with Crippen LogP contribution in [0.3, 0.4) is 0 Å². The lowest BCUT2D eigenvalue weighted by Crippen LogP contribution is -2.43. The molecule has 1 aliphatic heterocycles. The van der Waals surface area contributed by atoms with Crippen LogP contribution in [0.15, 0.2) is 0 Å². The second kappa shape index (κ2) is 6.38. The number of amides is 1. The summed E-state index contributed by atoms with van der Waals surface area (Å²) in [5, 5.41) is 6.25. The van der Waals surface area contributed by atoms with Gasteiger partial charge < -0.3 is 10.6 Å². The first kappa shape index (κ1) is 12.8. The van der Waals surface area contributed by atoms with Gasteiger partial charge in [0.15, 0.2) is 0 Å². The zero-order valence-electron chi connectivity index (χ0n) is 9.88. The fourth-order valence-electron chi connectivity index (χ4n) is 1.25. The molecule has 2 N–H and O–H groups in total. The first-order chi connectivity index (χ1) is 7.09. The van der Waals surface area contributed by atoms with E-state index in [0.29, 0.717) is 11.7 Å². The standard InChI is InChI=1S/C11H22N2OS/c1-8(2)9(3)13-11(14)7-15-6-10-4-12-5-10/h8-10,12H,4-7H2,1-3H3,(H,13,14). The number of nitrogens with one attached hydrogen (secondary N) is 2. The van der Waals surface area contributed by atoms with E-state index in [9.17, 15) is 4.79 Å². The molecule has 0 aromatic heterocycles. The molecule has 88 valence electrons. The van der Waals surface area contributed by atoms with Gasteiger partial charge in [-0.3, -0.25) is 4.79 Å². The van der Waals surface area contributed by atoms with Crippen LogP contribution >= 0.6 is 11.8 Å². The molecule has 0 saturated carbocycles. The molecular formula is C11H22N2OS. The Labute approximate surface area is 96.8 Å². The molecule has 3 nitrogen and oxygen atoms in total. The fraction of sp³-hybridized carbons (Fsp3) is 0.909. The Balaban J connectivity index is 2.02. The zero-order chi connectivity index (χ0) is 11.3. The van der Waals surface area contributed by atoms with Gasteiger partial charge in [0.1, 0.15) is 0 Å². The van der Waals surface area contributed by atoms with E-state index in [4.69, 9.17) is 0 Å². The summed E-state index contributed by atoms with van der Waals surface area (Å²) in [6, 6.07) is 0.281. The van der Waals surface area contributed by atoms with Crippen molar-refractivity contribution >= 4 is 17.7 Å². The van der Waals surface area contributed by atoms with E-state index in [1.165, 1.54) is 0 Å². The van der Waals surface area contributed by atoms with E-state index in [-0.39, 0.29) is 11.9 Å². The Bertz CT molecular complexity index is 205. The highest BCUT2D eigenvalue weighted by Gasteiger charge is 2.17. The Kier molecular flexibility index (Phi) is 5.47. The third-order valence-electron chi connectivity index (χ3n) is 2.84. The minimum Gasteiger partial charge on any atom is -0.353 e. The second-order valence-corrected chi connectivity index (χ2v) is 5.67. The van der Waals surface area contributed by atoms with Crippen LogP contribution in [0.2, 0.25) is 0 Å². The van der Waals surface area contributed by atoms with Gasteiger partial charge >= 0.3 is 0 Å². The van der Waals surface area contributed by atoms with Gasteiger partial charge in [0.25, 0.3) is 0 Å². The largest absolute Gasteiger partial charge is 0.353 e. The van der Waals surface area contributed by atoms with E-state index in [0.717, 1.165) is 24.8 Å². The molecule has 0 bridgehead atoms. The first-order valence-electron chi connectivity index (χ1n) is 5.67. The van der Waals surface area contributed by atoms with Crippen molar-refractivity contribution in [3.8, 4) is 0 Å². The van der Waals surface area contributed by atoms with Crippen LogP contribution in [-0.2, 0) is 4.79 Å². The average Bonchev–Trinajstić information content (AvgIpc) is 2.09. The van der Waals surface area contributed by atoms with Crippen molar-refractivity contribution in [3.05, 3.63) is 0 Å². The van der Waals surface area contributed by atoms with Gasteiger partial charge in [-0.05, 0) is 37.6 Å². The molecule has 0 aliphatic carbocycles. The molecule has 4 heteroatoms. The Hall–Kier alpha value is -0.220. The van der Waals surface area contributed by atoms with Crippen molar-refractivity contribution in [2.24, 2.45) is 11.8 Å². The normalized spacial score (nSPS) is 18.7. The molecule has 0 aromatic carbocycles. The van der Waals surface area contributed by atoms with Crippen molar-refractivity contribution in [2.45, 2.75) is 26.8 Å². The zero-order valence-corrected chi connectivity index (χ0v) is 10.7.